The molecule has 0 spiro atoms. The number of aromatic amines is 2. The molecule has 0 saturated carbocycles. The number of hydrogen-bond donors (Lipinski definition) is 2. The third-order valence-electron chi connectivity index (χ3n) is 3.06. The zero-order valence-corrected chi connectivity index (χ0v) is 10.6. The molecule has 0 aliphatic carbocycles. The van der Waals surface area contributed by atoms with Crippen molar-refractivity contribution in [1.82, 2.24) is 29.5 Å². The second-order valence-electron chi connectivity index (χ2n) is 4.45. The van der Waals surface area contributed by atoms with Crippen LogP contribution in [0.4, 0.5) is 0 Å². The topological polar surface area (TPSA) is 109 Å². The van der Waals surface area contributed by atoms with Crippen LogP contribution in [-0.2, 0) is 0 Å². The monoisotopic (exact) mass is 280 g/mol. The van der Waals surface area contributed by atoms with Crippen molar-refractivity contribution < 1.29 is 0 Å². The van der Waals surface area contributed by atoms with E-state index >= 15 is 0 Å². The number of hydrogen-bond acceptors (Lipinski definition) is 5. The van der Waals surface area contributed by atoms with Gasteiger partial charge in [-0.15, -0.1) is 0 Å². The highest BCUT2D eigenvalue weighted by Crippen LogP contribution is 2.17. The molecule has 0 bridgehead atoms. The molecule has 3 heterocycles. The normalized spacial score (nSPS) is 11.2. The average Bonchev–Trinajstić information content (AvgIpc) is 2.89. The SMILES string of the molecule is O=c1[nH]c(=O)c2nn3cc(-c4ccccc4)nc3nc2[nH]1. The van der Waals surface area contributed by atoms with Gasteiger partial charge in [0.15, 0.2) is 11.2 Å². The average molecular weight is 280 g/mol. The fourth-order valence-corrected chi connectivity index (χ4v) is 2.11. The van der Waals surface area contributed by atoms with Gasteiger partial charge in [0.05, 0.1) is 11.9 Å². The van der Waals surface area contributed by atoms with Crippen molar-refractivity contribution in [3.05, 3.63) is 57.4 Å². The minimum atomic E-state index is -0.624. The lowest BCUT2D eigenvalue weighted by Gasteiger charge is -1.95. The second-order valence-corrected chi connectivity index (χ2v) is 4.45. The standard InChI is InChI=1S/C13H8N6O2/c20-11-9-10(16-13(21)17-11)15-12-14-8(6-19(12)18-9)7-4-2-1-3-5-7/h1-6H,(H2,14,15,16,17,20,21). The number of aromatic nitrogens is 6. The van der Waals surface area contributed by atoms with Crippen molar-refractivity contribution in [2.75, 3.05) is 0 Å². The van der Waals surface area contributed by atoms with Crippen LogP contribution >= 0.6 is 0 Å². The summed E-state index contributed by atoms with van der Waals surface area (Å²) in [4.78, 5) is 36.0. The van der Waals surface area contributed by atoms with Gasteiger partial charge in [-0.25, -0.2) is 14.3 Å². The maximum Gasteiger partial charge on any atom is 0.327 e. The summed E-state index contributed by atoms with van der Waals surface area (Å²) >= 11 is 0. The first-order chi connectivity index (χ1) is 10.2. The van der Waals surface area contributed by atoms with Crippen molar-refractivity contribution in [2.24, 2.45) is 0 Å². The summed E-state index contributed by atoms with van der Waals surface area (Å²) in [6.45, 7) is 0. The van der Waals surface area contributed by atoms with E-state index in [1.165, 1.54) is 4.52 Å². The van der Waals surface area contributed by atoms with Crippen molar-refractivity contribution >= 4 is 16.9 Å². The number of rotatable bonds is 1. The van der Waals surface area contributed by atoms with E-state index in [9.17, 15) is 9.59 Å². The summed E-state index contributed by atoms with van der Waals surface area (Å²) < 4.78 is 1.41. The molecule has 1 aromatic carbocycles. The molecule has 3 aromatic heterocycles. The fourth-order valence-electron chi connectivity index (χ4n) is 2.11. The first-order valence-electron chi connectivity index (χ1n) is 6.16. The Kier molecular flexibility index (Phi) is 2.25. The summed E-state index contributed by atoms with van der Waals surface area (Å²) in [7, 11) is 0. The van der Waals surface area contributed by atoms with Crippen LogP contribution in [0, 0.1) is 0 Å². The van der Waals surface area contributed by atoms with Crippen LogP contribution in [0.2, 0.25) is 0 Å². The lowest BCUT2D eigenvalue weighted by molar-refractivity contribution is 0.914. The number of benzene rings is 1. The minimum Gasteiger partial charge on any atom is -0.290 e. The lowest BCUT2D eigenvalue weighted by atomic mass is 10.2. The molecule has 0 aliphatic heterocycles. The van der Waals surface area contributed by atoms with E-state index in [1.54, 1.807) is 6.20 Å². The predicted molar refractivity (Wildman–Crippen MR) is 75.0 cm³/mol. The van der Waals surface area contributed by atoms with Gasteiger partial charge in [0, 0.05) is 5.56 Å². The zero-order chi connectivity index (χ0) is 14.4. The van der Waals surface area contributed by atoms with Gasteiger partial charge in [-0.2, -0.15) is 10.1 Å². The molecule has 0 amide bonds. The number of H-pyrrole nitrogens is 2. The third kappa shape index (κ3) is 1.81. The molecule has 8 heteroatoms. The molecule has 0 atom stereocenters. The summed E-state index contributed by atoms with van der Waals surface area (Å²) in [6.07, 6.45) is 1.68. The molecule has 0 fully saturated rings. The number of nitrogens with one attached hydrogen (secondary N) is 2. The van der Waals surface area contributed by atoms with Crippen LogP contribution in [0.1, 0.15) is 0 Å². The van der Waals surface area contributed by atoms with Crippen LogP contribution in [0.3, 0.4) is 0 Å². The van der Waals surface area contributed by atoms with Gasteiger partial charge in [0.2, 0.25) is 0 Å². The van der Waals surface area contributed by atoms with E-state index in [0.717, 1.165) is 5.56 Å². The Bertz CT molecular complexity index is 1080. The van der Waals surface area contributed by atoms with E-state index in [2.05, 4.69) is 25.0 Å². The van der Waals surface area contributed by atoms with Crippen LogP contribution in [0.5, 0.6) is 0 Å². The van der Waals surface area contributed by atoms with Gasteiger partial charge in [-0.3, -0.25) is 14.8 Å². The molecule has 21 heavy (non-hydrogen) atoms. The molecule has 0 aliphatic rings. The minimum absolute atomic E-state index is 0.0547. The summed E-state index contributed by atoms with van der Waals surface area (Å²) in [5.41, 5.74) is 0.556. The number of imidazole rings is 1. The van der Waals surface area contributed by atoms with E-state index in [-0.39, 0.29) is 11.2 Å². The van der Waals surface area contributed by atoms with E-state index < -0.39 is 11.2 Å². The Balaban J connectivity index is 2.04. The van der Waals surface area contributed by atoms with E-state index in [1.807, 2.05) is 30.3 Å². The predicted octanol–water partition coefficient (Wildman–Crippen LogP) is 0.321. The van der Waals surface area contributed by atoms with Crippen LogP contribution < -0.4 is 11.2 Å². The number of nitrogens with zero attached hydrogens (tertiary/aromatic N) is 4. The van der Waals surface area contributed by atoms with Gasteiger partial charge >= 0.3 is 5.69 Å². The highest BCUT2D eigenvalue weighted by atomic mass is 16.2. The molecule has 0 radical (unpaired) electrons. The smallest absolute Gasteiger partial charge is 0.290 e. The Labute approximate surface area is 116 Å². The molecule has 0 unspecified atom stereocenters. The molecule has 4 aromatic rings. The van der Waals surface area contributed by atoms with Crippen LogP contribution in [0.15, 0.2) is 46.1 Å². The van der Waals surface area contributed by atoms with Crippen molar-refractivity contribution in [3.63, 3.8) is 0 Å². The maximum absolute atomic E-state index is 11.7. The molecule has 8 nitrogen and oxygen atoms in total. The Morgan fingerprint density at radius 1 is 1.00 bits per heavy atom. The van der Waals surface area contributed by atoms with Crippen molar-refractivity contribution in [2.45, 2.75) is 0 Å². The lowest BCUT2D eigenvalue weighted by Crippen LogP contribution is -2.24. The van der Waals surface area contributed by atoms with Crippen LogP contribution in [-0.4, -0.2) is 29.5 Å². The largest absolute Gasteiger partial charge is 0.327 e. The highest BCUT2D eigenvalue weighted by Gasteiger charge is 2.10. The second kappa shape index (κ2) is 4.10. The quantitative estimate of drug-likeness (QED) is 0.522. The van der Waals surface area contributed by atoms with Crippen molar-refractivity contribution in [3.8, 4) is 11.3 Å². The third-order valence-corrected chi connectivity index (χ3v) is 3.06. The molecular weight excluding hydrogens is 272 g/mol. The molecular formula is C13H8N6O2. The van der Waals surface area contributed by atoms with E-state index in [0.29, 0.717) is 11.5 Å². The van der Waals surface area contributed by atoms with Crippen LogP contribution in [0.25, 0.3) is 28.2 Å². The van der Waals surface area contributed by atoms with Gasteiger partial charge in [0.1, 0.15) is 0 Å². The van der Waals surface area contributed by atoms with Crippen molar-refractivity contribution in [1.29, 1.82) is 0 Å². The summed E-state index contributed by atoms with van der Waals surface area (Å²) in [5, 5.41) is 4.14. The van der Waals surface area contributed by atoms with Gasteiger partial charge < -0.3 is 0 Å². The fraction of sp³-hybridized carbons (Fsp3) is 0. The first kappa shape index (κ1) is 11.5. The Hall–Kier alpha value is -3.29. The zero-order valence-electron chi connectivity index (χ0n) is 10.6. The number of fused-ring (bicyclic) bond motifs is 2. The Morgan fingerprint density at radius 2 is 1.81 bits per heavy atom. The van der Waals surface area contributed by atoms with Gasteiger partial charge in [-0.05, 0) is 0 Å². The van der Waals surface area contributed by atoms with Gasteiger partial charge in [0.25, 0.3) is 11.3 Å². The maximum atomic E-state index is 11.7. The Morgan fingerprint density at radius 3 is 2.62 bits per heavy atom. The first-order valence-corrected chi connectivity index (χ1v) is 6.16. The van der Waals surface area contributed by atoms with E-state index in [4.69, 9.17) is 0 Å². The summed E-state index contributed by atoms with van der Waals surface area (Å²) in [5.74, 6) is 0.308. The van der Waals surface area contributed by atoms with Gasteiger partial charge in [-0.1, -0.05) is 30.3 Å². The molecule has 4 rings (SSSR count). The molecule has 2 N–H and O–H groups in total. The molecule has 102 valence electrons. The molecule has 0 saturated heterocycles. The highest BCUT2D eigenvalue weighted by molar-refractivity contribution is 5.70. The summed E-state index contributed by atoms with van der Waals surface area (Å²) in [6, 6.07) is 9.54.